The molecule has 1 amide bonds. The van der Waals surface area contributed by atoms with Crippen LogP contribution in [0.4, 0.5) is 5.69 Å². The van der Waals surface area contributed by atoms with Crippen molar-refractivity contribution < 1.29 is 14.7 Å². The first-order valence-corrected chi connectivity index (χ1v) is 11.5. The fraction of sp³-hybridized carbons (Fsp3) is 0.200. The molecule has 1 unspecified atom stereocenters. The highest BCUT2D eigenvalue weighted by atomic mass is 35.5. The van der Waals surface area contributed by atoms with Crippen LogP contribution in [-0.2, 0) is 4.79 Å². The van der Waals surface area contributed by atoms with Gasteiger partial charge in [-0.2, -0.15) is 4.68 Å². The number of carboxylic acids is 1. The van der Waals surface area contributed by atoms with Crippen LogP contribution in [0.3, 0.4) is 0 Å². The van der Waals surface area contributed by atoms with Gasteiger partial charge in [0.25, 0.3) is 0 Å². The number of nitrogens with one attached hydrogen (secondary N) is 1. The van der Waals surface area contributed by atoms with Gasteiger partial charge in [-0.15, -0.1) is 5.10 Å². The Balaban J connectivity index is 1.40. The van der Waals surface area contributed by atoms with Gasteiger partial charge in [0, 0.05) is 28.0 Å². The van der Waals surface area contributed by atoms with Gasteiger partial charge in [-0.25, -0.2) is 4.79 Å². The van der Waals surface area contributed by atoms with Gasteiger partial charge in [0.15, 0.2) is 0 Å². The Hall–Kier alpha value is -4.11. The van der Waals surface area contributed by atoms with Gasteiger partial charge in [0.05, 0.1) is 22.9 Å². The second-order valence-corrected chi connectivity index (χ2v) is 8.93. The number of aromatic carboxylic acids is 1. The molecule has 4 aromatic rings. The number of carbonyl (C=O) groups is 2. The van der Waals surface area contributed by atoms with Gasteiger partial charge in [-0.1, -0.05) is 30.5 Å². The Bertz CT molecular complexity index is 1350. The number of nitrogens with zero attached hydrogens (tertiary/aromatic N) is 5. The molecular formula is C25H21ClN6O3. The molecule has 9 nitrogen and oxygen atoms in total. The summed E-state index contributed by atoms with van der Waals surface area (Å²) in [6.45, 7) is 0. The van der Waals surface area contributed by atoms with Crippen LogP contribution in [0.1, 0.15) is 41.2 Å². The maximum Gasteiger partial charge on any atom is 0.335 e. The number of benzene rings is 2. The average molecular weight is 489 g/mol. The Morgan fingerprint density at radius 3 is 2.54 bits per heavy atom. The van der Waals surface area contributed by atoms with Crippen molar-refractivity contribution in [2.24, 2.45) is 5.92 Å². The van der Waals surface area contributed by atoms with Crippen LogP contribution in [0.15, 0.2) is 67.1 Å². The van der Waals surface area contributed by atoms with E-state index >= 15 is 0 Å². The normalized spacial score (nSPS) is 13.9. The summed E-state index contributed by atoms with van der Waals surface area (Å²) in [6, 6.07) is 15.3. The molecule has 1 saturated carbocycles. The zero-order valence-electron chi connectivity index (χ0n) is 18.5. The zero-order chi connectivity index (χ0) is 24.4. The summed E-state index contributed by atoms with van der Waals surface area (Å²) >= 11 is 6.25. The predicted octanol–water partition coefficient (Wildman–Crippen LogP) is 4.60. The summed E-state index contributed by atoms with van der Waals surface area (Å²) < 4.78 is 1.55. The number of aromatic nitrogens is 5. The van der Waals surface area contributed by atoms with E-state index in [9.17, 15) is 9.59 Å². The van der Waals surface area contributed by atoms with Crippen LogP contribution < -0.4 is 5.32 Å². The molecule has 10 heteroatoms. The number of carboxylic acid groups (broad SMARTS) is 1. The van der Waals surface area contributed by atoms with E-state index in [-0.39, 0.29) is 11.5 Å². The van der Waals surface area contributed by atoms with Gasteiger partial charge in [-0.3, -0.25) is 9.78 Å². The van der Waals surface area contributed by atoms with Crippen molar-refractivity contribution in [3.8, 4) is 16.8 Å². The fourth-order valence-corrected chi connectivity index (χ4v) is 4.13. The Morgan fingerprint density at radius 2 is 1.91 bits per heavy atom. The Kier molecular flexibility index (Phi) is 6.24. The minimum absolute atomic E-state index is 0.164. The van der Waals surface area contributed by atoms with E-state index in [0.717, 1.165) is 29.7 Å². The monoisotopic (exact) mass is 488 g/mol. The SMILES string of the molecule is O=C(O)c1ccc(NC(=O)C(CC2CC2)c2ccc(-c3cc(Cl)ccc3-n3cnnn3)cn2)cc1. The van der Waals surface area contributed by atoms with Crippen LogP contribution in [-0.4, -0.2) is 42.2 Å². The third-order valence-electron chi connectivity index (χ3n) is 5.99. The largest absolute Gasteiger partial charge is 0.478 e. The first kappa shape index (κ1) is 22.7. The number of hydrogen-bond acceptors (Lipinski definition) is 6. The maximum absolute atomic E-state index is 13.2. The number of pyridine rings is 1. The minimum Gasteiger partial charge on any atom is -0.478 e. The first-order chi connectivity index (χ1) is 17.0. The number of anilines is 1. The number of carbonyl (C=O) groups excluding carboxylic acids is 1. The molecule has 0 saturated heterocycles. The van der Waals surface area contributed by atoms with Gasteiger partial charge in [0.1, 0.15) is 6.33 Å². The lowest BCUT2D eigenvalue weighted by Gasteiger charge is -2.17. The average Bonchev–Trinajstić information content (AvgIpc) is 3.53. The molecule has 2 heterocycles. The van der Waals surface area contributed by atoms with Crippen LogP contribution in [0.5, 0.6) is 0 Å². The number of halogens is 1. The molecule has 1 atom stereocenters. The topological polar surface area (TPSA) is 123 Å². The van der Waals surface area contributed by atoms with Crippen molar-refractivity contribution in [1.82, 2.24) is 25.2 Å². The molecule has 1 aliphatic rings. The lowest BCUT2D eigenvalue weighted by atomic mass is 9.95. The van der Waals surface area contributed by atoms with E-state index in [1.54, 1.807) is 29.1 Å². The van der Waals surface area contributed by atoms with Crippen molar-refractivity contribution in [2.75, 3.05) is 5.32 Å². The molecule has 35 heavy (non-hydrogen) atoms. The van der Waals surface area contributed by atoms with E-state index in [4.69, 9.17) is 16.7 Å². The maximum atomic E-state index is 13.2. The van der Waals surface area contributed by atoms with E-state index in [0.29, 0.717) is 28.7 Å². The smallest absolute Gasteiger partial charge is 0.335 e. The Morgan fingerprint density at radius 1 is 1.11 bits per heavy atom. The van der Waals surface area contributed by atoms with E-state index < -0.39 is 11.9 Å². The quantitative estimate of drug-likeness (QED) is 0.371. The van der Waals surface area contributed by atoms with Crippen LogP contribution in [0.2, 0.25) is 5.02 Å². The number of tetrazole rings is 1. The number of rotatable bonds is 8. The minimum atomic E-state index is -1.01. The first-order valence-electron chi connectivity index (χ1n) is 11.1. The van der Waals surface area contributed by atoms with Crippen molar-refractivity contribution in [3.05, 3.63) is 83.4 Å². The molecule has 0 radical (unpaired) electrons. The van der Waals surface area contributed by atoms with E-state index in [1.807, 2.05) is 24.3 Å². The van der Waals surface area contributed by atoms with Crippen molar-refractivity contribution in [2.45, 2.75) is 25.2 Å². The second-order valence-electron chi connectivity index (χ2n) is 8.49. The Labute approximate surface area is 205 Å². The molecule has 5 rings (SSSR count). The molecule has 2 aromatic heterocycles. The third kappa shape index (κ3) is 5.20. The van der Waals surface area contributed by atoms with Gasteiger partial charge >= 0.3 is 5.97 Å². The molecule has 0 bridgehead atoms. The van der Waals surface area contributed by atoms with E-state index in [1.165, 1.54) is 18.5 Å². The van der Waals surface area contributed by atoms with Crippen LogP contribution >= 0.6 is 11.6 Å². The molecule has 2 aromatic carbocycles. The second kappa shape index (κ2) is 9.63. The summed E-state index contributed by atoms with van der Waals surface area (Å²) in [5.74, 6) is -1.10. The van der Waals surface area contributed by atoms with Crippen LogP contribution in [0, 0.1) is 5.92 Å². The molecule has 1 fully saturated rings. The molecule has 0 aliphatic heterocycles. The number of amides is 1. The summed E-state index contributed by atoms with van der Waals surface area (Å²) in [5, 5.41) is 23.9. The highest BCUT2D eigenvalue weighted by Crippen LogP contribution is 2.39. The van der Waals surface area contributed by atoms with E-state index in [2.05, 4.69) is 25.8 Å². The zero-order valence-corrected chi connectivity index (χ0v) is 19.3. The van der Waals surface area contributed by atoms with Gasteiger partial charge < -0.3 is 10.4 Å². The highest BCUT2D eigenvalue weighted by Gasteiger charge is 2.31. The van der Waals surface area contributed by atoms with Crippen LogP contribution in [0.25, 0.3) is 16.8 Å². The summed E-state index contributed by atoms with van der Waals surface area (Å²) in [6.07, 6.45) is 6.15. The lowest BCUT2D eigenvalue weighted by Crippen LogP contribution is -2.22. The summed E-state index contributed by atoms with van der Waals surface area (Å²) in [5.41, 5.74) is 3.76. The molecule has 1 aliphatic carbocycles. The molecular weight excluding hydrogens is 468 g/mol. The van der Waals surface area contributed by atoms with Gasteiger partial charge in [0.2, 0.25) is 5.91 Å². The summed E-state index contributed by atoms with van der Waals surface area (Å²) in [4.78, 5) is 28.9. The standard InChI is InChI=1S/C25H21ClN6O3/c26-18-6-10-23(32-14-28-30-31-32)20(12-18)17-5-9-22(27-13-17)21(11-15-1-2-15)24(33)29-19-7-3-16(4-8-19)25(34)35/h3-10,12-15,21H,1-2,11H2,(H,29,33)(H,34,35). The highest BCUT2D eigenvalue weighted by molar-refractivity contribution is 6.31. The molecule has 176 valence electrons. The fourth-order valence-electron chi connectivity index (χ4n) is 3.96. The molecule has 2 N–H and O–H groups in total. The summed E-state index contributed by atoms with van der Waals surface area (Å²) in [7, 11) is 0. The lowest BCUT2D eigenvalue weighted by molar-refractivity contribution is -0.117. The predicted molar refractivity (Wildman–Crippen MR) is 130 cm³/mol. The van der Waals surface area contributed by atoms with Gasteiger partial charge in [-0.05, 0) is 71.3 Å². The van der Waals surface area contributed by atoms with Crippen molar-refractivity contribution in [3.63, 3.8) is 0 Å². The third-order valence-corrected chi connectivity index (χ3v) is 6.23. The molecule has 0 spiro atoms. The number of hydrogen-bond donors (Lipinski definition) is 2. The van der Waals surface area contributed by atoms with Crippen molar-refractivity contribution >= 4 is 29.2 Å². The van der Waals surface area contributed by atoms with Crippen molar-refractivity contribution in [1.29, 1.82) is 0 Å².